The predicted octanol–water partition coefficient (Wildman–Crippen LogP) is 3.42. The van der Waals surface area contributed by atoms with Gasteiger partial charge in [0.15, 0.2) is 0 Å². The Kier molecular flexibility index (Phi) is 4.46. The Morgan fingerprint density at radius 1 is 1.28 bits per heavy atom. The molecular weight excluding hydrogens is 376 g/mol. The van der Waals surface area contributed by atoms with E-state index < -0.39 is 10.5 Å². The predicted molar refractivity (Wildman–Crippen MR) is 106 cm³/mol. The van der Waals surface area contributed by atoms with Gasteiger partial charge in [0, 0.05) is 12.6 Å². The molecule has 29 heavy (non-hydrogen) atoms. The molecule has 0 aromatic heterocycles. The molecule has 2 aliphatic rings. The third-order valence-electron chi connectivity index (χ3n) is 5.41. The van der Waals surface area contributed by atoms with E-state index in [0.717, 1.165) is 11.1 Å². The van der Waals surface area contributed by atoms with Crippen LogP contribution in [0.3, 0.4) is 0 Å². The number of methoxy groups -OCH3 is 1. The molecule has 8 heteroatoms. The summed E-state index contributed by atoms with van der Waals surface area (Å²) in [5.74, 6) is 0.866. The summed E-state index contributed by atoms with van der Waals surface area (Å²) in [5, 5.41) is 11.7. The average Bonchev–Trinajstić information content (AvgIpc) is 3.49. The summed E-state index contributed by atoms with van der Waals surface area (Å²) in [6.45, 7) is 3.79. The van der Waals surface area contributed by atoms with Crippen LogP contribution in [0.5, 0.6) is 11.5 Å². The Labute approximate surface area is 168 Å². The van der Waals surface area contributed by atoms with Crippen LogP contribution in [0.4, 0.5) is 11.4 Å². The molecule has 0 N–H and O–H groups in total. The third kappa shape index (κ3) is 3.40. The molecule has 0 radical (unpaired) electrons. The maximum Gasteiger partial charge on any atom is 0.296 e. The number of hydrogen-bond donors (Lipinski definition) is 0. The number of epoxide rings is 1. The highest BCUT2D eigenvalue weighted by Gasteiger charge is 2.57. The number of ether oxygens (including phenoxy) is 3. The number of nitro benzene ring substituents is 1. The first-order valence-electron chi connectivity index (χ1n) is 9.27. The van der Waals surface area contributed by atoms with Gasteiger partial charge in [-0.3, -0.25) is 14.9 Å². The zero-order chi connectivity index (χ0) is 20.9. The molecule has 1 saturated heterocycles. The number of fused-ring (bicyclic) bond motifs is 3. The van der Waals surface area contributed by atoms with E-state index in [2.05, 4.69) is 0 Å². The Hall–Kier alpha value is -3.13. The summed E-state index contributed by atoms with van der Waals surface area (Å²) in [7, 11) is 3.11. The number of nitro groups is 1. The van der Waals surface area contributed by atoms with Crippen molar-refractivity contribution in [2.75, 3.05) is 19.1 Å². The van der Waals surface area contributed by atoms with Crippen molar-refractivity contribution in [3.05, 3.63) is 57.6 Å². The van der Waals surface area contributed by atoms with E-state index in [9.17, 15) is 14.9 Å². The van der Waals surface area contributed by atoms with Gasteiger partial charge >= 0.3 is 0 Å². The highest BCUT2D eigenvalue weighted by atomic mass is 16.6. The Balaban J connectivity index is 1.63. The first-order chi connectivity index (χ1) is 13.7. The molecule has 2 unspecified atom stereocenters. The fraction of sp³-hybridized carbons (Fsp3) is 0.381. The van der Waals surface area contributed by atoms with Crippen LogP contribution in [0.25, 0.3) is 0 Å². The molecule has 2 atom stereocenters. The van der Waals surface area contributed by atoms with Crippen LogP contribution >= 0.6 is 0 Å². The minimum absolute atomic E-state index is 0.0930. The SMILES string of the molecule is COc1ccc(CC(=O)N(C)c2cc3c(cc2[N+](=O)[O-])OC(C)(C)C2OC32)cc1. The van der Waals surface area contributed by atoms with Crippen LogP contribution in [-0.2, 0) is 16.0 Å². The van der Waals surface area contributed by atoms with Gasteiger partial charge < -0.3 is 19.1 Å². The summed E-state index contributed by atoms with van der Waals surface area (Å²) in [5.41, 5.74) is 1.02. The van der Waals surface area contributed by atoms with Crippen molar-refractivity contribution in [1.82, 2.24) is 0 Å². The minimum Gasteiger partial charge on any atom is -0.497 e. The molecule has 4 rings (SSSR count). The second-order valence-corrected chi connectivity index (χ2v) is 7.80. The smallest absolute Gasteiger partial charge is 0.296 e. The zero-order valence-corrected chi connectivity index (χ0v) is 16.7. The molecule has 2 aromatic carbocycles. The molecule has 0 bridgehead atoms. The summed E-state index contributed by atoms with van der Waals surface area (Å²) < 4.78 is 16.8. The van der Waals surface area contributed by atoms with Gasteiger partial charge in [-0.25, -0.2) is 0 Å². The van der Waals surface area contributed by atoms with Gasteiger partial charge in [-0.1, -0.05) is 12.1 Å². The number of likely N-dealkylation sites (N-methyl/N-ethyl adjacent to an activating group) is 1. The zero-order valence-electron chi connectivity index (χ0n) is 16.7. The van der Waals surface area contributed by atoms with Crippen LogP contribution in [0.2, 0.25) is 0 Å². The summed E-state index contributed by atoms with van der Waals surface area (Å²) >= 11 is 0. The molecule has 1 fully saturated rings. The van der Waals surface area contributed by atoms with Gasteiger partial charge in [0.05, 0.1) is 24.5 Å². The fourth-order valence-electron chi connectivity index (χ4n) is 3.69. The lowest BCUT2D eigenvalue weighted by molar-refractivity contribution is -0.384. The molecule has 8 nitrogen and oxygen atoms in total. The molecule has 1 amide bonds. The van der Waals surface area contributed by atoms with Crippen LogP contribution in [0, 0.1) is 10.1 Å². The standard InChI is InChI=1S/C21H22N2O6/c1-21(2)20-19(28-20)14-10-15(16(23(25)26)11-17(14)29-21)22(3)18(24)9-12-5-7-13(27-4)8-6-12/h5-8,10-11,19-20H,9H2,1-4H3. The highest BCUT2D eigenvalue weighted by molar-refractivity contribution is 5.96. The average molecular weight is 398 g/mol. The van der Waals surface area contributed by atoms with E-state index in [1.54, 1.807) is 44.5 Å². The molecule has 0 saturated carbocycles. The maximum atomic E-state index is 12.8. The first-order valence-corrected chi connectivity index (χ1v) is 9.27. The number of hydrogen-bond acceptors (Lipinski definition) is 6. The monoisotopic (exact) mass is 398 g/mol. The van der Waals surface area contributed by atoms with E-state index in [1.807, 2.05) is 13.8 Å². The summed E-state index contributed by atoms with van der Waals surface area (Å²) in [6.07, 6.45) is -0.149. The number of carbonyl (C=O) groups excluding carboxylic acids is 1. The summed E-state index contributed by atoms with van der Waals surface area (Å²) in [4.78, 5) is 25.3. The van der Waals surface area contributed by atoms with Crippen LogP contribution in [0.1, 0.15) is 31.1 Å². The van der Waals surface area contributed by atoms with Crippen LogP contribution in [-0.4, -0.2) is 36.7 Å². The molecule has 2 aliphatic heterocycles. The number of benzene rings is 2. The molecule has 0 aliphatic carbocycles. The van der Waals surface area contributed by atoms with Gasteiger partial charge in [0.1, 0.15) is 35.0 Å². The number of nitrogens with zero attached hydrogens (tertiary/aromatic N) is 2. The van der Waals surface area contributed by atoms with Crippen molar-refractivity contribution in [1.29, 1.82) is 0 Å². The second-order valence-electron chi connectivity index (χ2n) is 7.80. The normalized spacial score (nSPS) is 20.7. The lowest BCUT2D eigenvalue weighted by Gasteiger charge is -2.30. The summed E-state index contributed by atoms with van der Waals surface area (Å²) in [6, 6.07) is 10.2. The van der Waals surface area contributed by atoms with Crippen molar-refractivity contribution in [3.63, 3.8) is 0 Å². The van der Waals surface area contributed by atoms with Gasteiger partial charge in [-0.05, 0) is 37.6 Å². The minimum atomic E-state index is -0.552. The quantitative estimate of drug-likeness (QED) is 0.435. The Morgan fingerprint density at radius 2 is 1.97 bits per heavy atom. The van der Waals surface area contributed by atoms with Gasteiger partial charge in [-0.2, -0.15) is 0 Å². The van der Waals surface area contributed by atoms with Gasteiger partial charge in [0.25, 0.3) is 5.69 Å². The Morgan fingerprint density at radius 3 is 2.59 bits per heavy atom. The van der Waals surface area contributed by atoms with Crippen molar-refractivity contribution in [2.24, 2.45) is 0 Å². The van der Waals surface area contributed by atoms with Crippen molar-refractivity contribution in [3.8, 4) is 11.5 Å². The molecular formula is C21H22N2O6. The lowest BCUT2D eigenvalue weighted by atomic mass is 9.93. The molecule has 0 spiro atoms. The van der Waals surface area contributed by atoms with Gasteiger partial charge in [-0.15, -0.1) is 0 Å². The number of rotatable bonds is 5. The second kappa shape index (κ2) is 6.73. The van der Waals surface area contributed by atoms with E-state index in [0.29, 0.717) is 11.5 Å². The van der Waals surface area contributed by atoms with Crippen LogP contribution < -0.4 is 14.4 Å². The Bertz CT molecular complexity index is 985. The highest BCUT2D eigenvalue weighted by Crippen LogP contribution is 2.55. The number of amides is 1. The largest absolute Gasteiger partial charge is 0.497 e. The van der Waals surface area contributed by atoms with Crippen molar-refractivity contribution < 1.29 is 23.9 Å². The first kappa shape index (κ1) is 19.2. The third-order valence-corrected chi connectivity index (χ3v) is 5.41. The van der Waals surface area contributed by atoms with E-state index in [1.165, 1.54) is 11.0 Å². The molecule has 2 heterocycles. The van der Waals surface area contributed by atoms with E-state index in [-0.39, 0.29) is 35.9 Å². The maximum absolute atomic E-state index is 12.8. The van der Waals surface area contributed by atoms with Gasteiger partial charge in [0.2, 0.25) is 5.91 Å². The fourth-order valence-corrected chi connectivity index (χ4v) is 3.69. The molecule has 2 aromatic rings. The van der Waals surface area contributed by atoms with E-state index >= 15 is 0 Å². The topological polar surface area (TPSA) is 94.4 Å². The van der Waals surface area contributed by atoms with E-state index in [4.69, 9.17) is 14.2 Å². The van der Waals surface area contributed by atoms with Crippen molar-refractivity contribution in [2.45, 2.75) is 38.1 Å². The lowest BCUT2D eigenvalue weighted by Crippen LogP contribution is -2.38. The van der Waals surface area contributed by atoms with Crippen LogP contribution in [0.15, 0.2) is 36.4 Å². The molecule has 152 valence electrons. The number of carbonyl (C=O) groups is 1. The van der Waals surface area contributed by atoms with Crippen molar-refractivity contribution >= 4 is 17.3 Å². The number of anilines is 1.